The second kappa shape index (κ2) is 2.86. The van der Waals surface area contributed by atoms with Crippen molar-refractivity contribution in [3.05, 3.63) is 5.69 Å². The van der Waals surface area contributed by atoms with Crippen LogP contribution in [0.2, 0.25) is 0 Å². The maximum absolute atomic E-state index is 8.25. The lowest BCUT2D eigenvalue weighted by atomic mass is 10.4. The Bertz CT molecular complexity index is 267. The van der Waals surface area contributed by atoms with Crippen LogP contribution >= 0.6 is 0 Å². The molecule has 0 bridgehead atoms. The number of aromatic nitrogens is 2. The molecule has 0 saturated heterocycles. The third kappa shape index (κ3) is 1.20. The Morgan fingerprint density at radius 3 is 3.00 bits per heavy atom. The van der Waals surface area contributed by atoms with E-state index in [1.807, 2.05) is 0 Å². The topological polar surface area (TPSA) is 110 Å². The van der Waals surface area contributed by atoms with Gasteiger partial charge >= 0.3 is 0 Å². The number of nitrogens with two attached hydrogens (primary N) is 1. The third-order valence-electron chi connectivity index (χ3n) is 1.08. The zero-order valence-corrected chi connectivity index (χ0v) is 5.77. The van der Waals surface area contributed by atoms with Crippen molar-refractivity contribution >= 4 is 11.7 Å². The van der Waals surface area contributed by atoms with Gasteiger partial charge in [0.2, 0.25) is 5.82 Å². The van der Waals surface area contributed by atoms with Gasteiger partial charge in [0, 0.05) is 7.05 Å². The van der Waals surface area contributed by atoms with Gasteiger partial charge in [0.05, 0.1) is 0 Å². The predicted molar refractivity (Wildman–Crippen MR) is 36.4 cm³/mol. The highest BCUT2D eigenvalue weighted by Crippen LogP contribution is 2.06. The molecule has 11 heavy (non-hydrogen) atoms. The van der Waals surface area contributed by atoms with Gasteiger partial charge in [-0.3, -0.25) is 0 Å². The van der Waals surface area contributed by atoms with Crippen LogP contribution in [0.5, 0.6) is 0 Å². The fraction of sp³-hybridized carbons (Fsp3) is 0.250. The number of oxime groups is 1. The maximum Gasteiger partial charge on any atom is 0.202 e. The van der Waals surface area contributed by atoms with Crippen molar-refractivity contribution in [2.24, 2.45) is 10.9 Å². The van der Waals surface area contributed by atoms with Crippen LogP contribution in [0.25, 0.3) is 0 Å². The van der Waals surface area contributed by atoms with Gasteiger partial charge in [-0.1, -0.05) is 5.16 Å². The fourth-order valence-electron chi connectivity index (χ4n) is 0.568. The molecular weight excluding hydrogens is 150 g/mol. The first-order chi connectivity index (χ1) is 5.29. The van der Waals surface area contributed by atoms with Crippen molar-refractivity contribution in [3.63, 3.8) is 0 Å². The molecule has 0 fully saturated rings. The van der Waals surface area contributed by atoms with Gasteiger partial charge in [0.15, 0.2) is 11.5 Å². The van der Waals surface area contributed by atoms with E-state index in [1.165, 1.54) is 0 Å². The van der Waals surface area contributed by atoms with Crippen LogP contribution in [0, 0.1) is 0 Å². The number of anilines is 1. The average Bonchev–Trinajstić information content (AvgIpc) is 2.50. The third-order valence-corrected chi connectivity index (χ3v) is 1.08. The summed E-state index contributed by atoms with van der Waals surface area (Å²) in [5.41, 5.74) is 5.40. The van der Waals surface area contributed by atoms with Crippen LogP contribution in [0.15, 0.2) is 9.78 Å². The van der Waals surface area contributed by atoms with Gasteiger partial charge in [-0.2, -0.15) is 0 Å². The molecule has 0 aromatic carbocycles. The van der Waals surface area contributed by atoms with Crippen LogP contribution in [-0.4, -0.2) is 28.4 Å². The van der Waals surface area contributed by atoms with E-state index in [-0.39, 0.29) is 11.5 Å². The molecule has 1 heterocycles. The van der Waals surface area contributed by atoms with Crippen molar-refractivity contribution in [1.82, 2.24) is 10.3 Å². The smallest absolute Gasteiger partial charge is 0.202 e. The highest BCUT2D eigenvalue weighted by molar-refractivity contribution is 5.99. The molecule has 7 nitrogen and oxygen atoms in total. The lowest BCUT2D eigenvalue weighted by molar-refractivity contribution is 0.304. The molecule has 1 aromatic heterocycles. The van der Waals surface area contributed by atoms with Crippen molar-refractivity contribution in [2.45, 2.75) is 0 Å². The predicted octanol–water partition coefficient (Wildman–Crippen LogP) is -0.794. The van der Waals surface area contributed by atoms with Crippen molar-refractivity contribution in [1.29, 1.82) is 0 Å². The monoisotopic (exact) mass is 157 g/mol. The maximum atomic E-state index is 8.25. The van der Waals surface area contributed by atoms with Crippen molar-refractivity contribution < 1.29 is 9.84 Å². The summed E-state index contributed by atoms with van der Waals surface area (Å²) in [6.07, 6.45) is 0. The molecular formula is C4H7N5O2. The van der Waals surface area contributed by atoms with Gasteiger partial charge in [-0.15, -0.1) is 0 Å². The SMILES string of the molecule is CNc1nonc1/C(N)=N\O. The van der Waals surface area contributed by atoms with Gasteiger partial charge in [-0.25, -0.2) is 4.63 Å². The number of hydrogen-bond acceptors (Lipinski definition) is 6. The van der Waals surface area contributed by atoms with E-state index in [9.17, 15) is 0 Å². The molecule has 0 aliphatic heterocycles. The van der Waals surface area contributed by atoms with Crippen LogP contribution in [0.4, 0.5) is 5.82 Å². The summed E-state index contributed by atoms with van der Waals surface area (Å²) >= 11 is 0. The largest absolute Gasteiger partial charge is 0.409 e. The molecule has 1 aromatic rings. The Hall–Kier alpha value is -1.79. The Balaban J connectivity index is 3.02. The molecule has 4 N–H and O–H groups in total. The van der Waals surface area contributed by atoms with E-state index in [2.05, 4.69) is 25.4 Å². The second-order valence-corrected chi connectivity index (χ2v) is 1.70. The van der Waals surface area contributed by atoms with Crippen LogP contribution in [-0.2, 0) is 0 Å². The number of nitrogens with one attached hydrogen (secondary N) is 1. The molecule has 0 radical (unpaired) electrons. The van der Waals surface area contributed by atoms with Crippen LogP contribution in [0.1, 0.15) is 5.69 Å². The van der Waals surface area contributed by atoms with Crippen molar-refractivity contribution in [3.8, 4) is 0 Å². The molecule has 0 aliphatic carbocycles. The van der Waals surface area contributed by atoms with Gasteiger partial charge < -0.3 is 16.3 Å². The minimum Gasteiger partial charge on any atom is -0.409 e. The number of hydrogen-bond donors (Lipinski definition) is 3. The van der Waals surface area contributed by atoms with Gasteiger partial charge in [0.25, 0.3) is 0 Å². The molecule has 1 rings (SSSR count). The Kier molecular flexibility index (Phi) is 1.90. The summed E-state index contributed by atoms with van der Waals surface area (Å²) in [5, 5.41) is 20.5. The summed E-state index contributed by atoms with van der Waals surface area (Å²) < 4.78 is 4.33. The molecule has 0 atom stereocenters. The zero-order valence-electron chi connectivity index (χ0n) is 5.77. The summed E-state index contributed by atoms with van der Waals surface area (Å²) in [4.78, 5) is 0. The quantitative estimate of drug-likeness (QED) is 0.224. The number of rotatable bonds is 2. The second-order valence-electron chi connectivity index (χ2n) is 1.70. The van der Waals surface area contributed by atoms with E-state index in [0.717, 1.165) is 0 Å². The highest BCUT2D eigenvalue weighted by atomic mass is 16.6. The average molecular weight is 157 g/mol. The summed E-state index contributed by atoms with van der Waals surface area (Å²) in [5.74, 6) is 0.191. The normalized spacial score (nSPS) is 11.5. The Morgan fingerprint density at radius 1 is 1.73 bits per heavy atom. The standard InChI is InChI=1S/C4H7N5O2/c1-6-4-2(3(5)7-10)8-11-9-4/h10H,1H3,(H2,5,7)(H,6,9). The minimum atomic E-state index is -0.143. The van der Waals surface area contributed by atoms with Gasteiger partial charge in [0.1, 0.15) is 0 Å². The van der Waals surface area contributed by atoms with Crippen molar-refractivity contribution in [2.75, 3.05) is 12.4 Å². The minimum absolute atomic E-state index is 0.143. The number of amidine groups is 1. The molecule has 0 saturated carbocycles. The Morgan fingerprint density at radius 2 is 2.45 bits per heavy atom. The lowest BCUT2D eigenvalue weighted by Gasteiger charge is -1.92. The molecule has 7 heteroatoms. The molecule has 0 unspecified atom stereocenters. The van der Waals surface area contributed by atoms with Crippen LogP contribution < -0.4 is 11.1 Å². The lowest BCUT2D eigenvalue weighted by Crippen LogP contribution is -2.15. The summed E-state index contributed by atoms with van der Waals surface area (Å²) in [6.45, 7) is 0. The molecule has 0 amide bonds. The van der Waals surface area contributed by atoms with Gasteiger partial charge in [-0.05, 0) is 10.3 Å². The first kappa shape index (κ1) is 7.32. The van der Waals surface area contributed by atoms with E-state index < -0.39 is 0 Å². The first-order valence-corrected chi connectivity index (χ1v) is 2.77. The molecule has 0 spiro atoms. The van der Waals surface area contributed by atoms with E-state index in [0.29, 0.717) is 5.82 Å². The molecule has 60 valence electrons. The number of nitrogens with zero attached hydrogens (tertiary/aromatic N) is 3. The zero-order chi connectivity index (χ0) is 8.27. The first-order valence-electron chi connectivity index (χ1n) is 2.77. The molecule has 0 aliphatic rings. The van der Waals surface area contributed by atoms with E-state index in [1.54, 1.807) is 7.05 Å². The summed E-state index contributed by atoms with van der Waals surface area (Å²) in [6, 6.07) is 0. The van der Waals surface area contributed by atoms with E-state index in [4.69, 9.17) is 10.9 Å². The van der Waals surface area contributed by atoms with E-state index >= 15 is 0 Å². The van der Waals surface area contributed by atoms with Crippen LogP contribution in [0.3, 0.4) is 0 Å². The summed E-state index contributed by atoms with van der Waals surface area (Å²) in [7, 11) is 1.62. The highest BCUT2D eigenvalue weighted by Gasteiger charge is 2.11. The Labute approximate surface area is 61.8 Å². The fourth-order valence-corrected chi connectivity index (χ4v) is 0.568.